The zero-order valence-electron chi connectivity index (χ0n) is 10.9. The second-order valence-electron chi connectivity index (χ2n) is 4.48. The Morgan fingerprint density at radius 1 is 1.32 bits per heavy atom. The predicted octanol–water partition coefficient (Wildman–Crippen LogP) is 3.42. The van der Waals surface area contributed by atoms with Crippen molar-refractivity contribution in [3.63, 3.8) is 0 Å². The molecule has 0 atom stereocenters. The van der Waals surface area contributed by atoms with Gasteiger partial charge in [-0.05, 0) is 40.0 Å². The smallest absolute Gasteiger partial charge is 0.255 e. The Hall–Kier alpha value is -1.68. The molecule has 3 nitrogen and oxygen atoms in total. The van der Waals surface area contributed by atoms with Crippen LogP contribution >= 0.6 is 15.9 Å². The molecule has 0 aliphatic rings. The summed E-state index contributed by atoms with van der Waals surface area (Å²) >= 11 is 3.32. The fraction of sp³-hybridized carbons (Fsp3) is 0.200. The van der Waals surface area contributed by atoms with E-state index in [1.807, 2.05) is 31.2 Å². The third-order valence-electron chi connectivity index (χ3n) is 2.97. The molecule has 1 aromatic carbocycles. The largest absolute Gasteiger partial charge is 0.337 e. The third kappa shape index (κ3) is 3.41. The van der Waals surface area contributed by atoms with Gasteiger partial charge in [-0.1, -0.05) is 24.3 Å². The van der Waals surface area contributed by atoms with Crippen LogP contribution in [0.4, 0.5) is 0 Å². The normalized spacial score (nSPS) is 10.3. The van der Waals surface area contributed by atoms with E-state index in [9.17, 15) is 4.79 Å². The lowest BCUT2D eigenvalue weighted by atomic mass is 10.1. The van der Waals surface area contributed by atoms with Crippen LogP contribution in [0.2, 0.25) is 0 Å². The average molecular weight is 319 g/mol. The quantitative estimate of drug-likeness (QED) is 0.868. The number of aromatic nitrogens is 1. The predicted molar refractivity (Wildman–Crippen MR) is 78.9 cm³/mol. The monoisotopic (exact) mass is 318 g/mol. The van der Waals surface area contributed by atoms with Gasteiger partial charge < -0.3 is 4.90 Å². The van der Waals surface area contributed by atoms with Gasteiger partial charge in [-0.2, -0.15) is 0 Å². The van der Waals surface area contributed by atoms with Gasteiger partial charge in [-0.3, -0.25) is 9.78 Å². The summed E-state index contributed by atoms with van der Waals surface area (Å²) < 4.78 is 0.808. The van der Waals surface area contributed by atoms with E-state index in [1.54, 1.807) is 30.4 Å². The van der Waals surface area contributed by atoms with Crippen molar-refractivity contribution in [2.75, 3.05) is 7.05 Å². The van der Waals surface area contributed by atoms with Crippen molar-refractivity contribution >= 4 is 21.8 Å². The van der Waals surface area contributed by atoms with Crippen LogP contribution in [0.15, 0.2) is 47.2 Å². The van der Waals surface area contributed by atoms with Crippen LogP contribution in [0.25, 0.3) is 0 Å². The maximum absolute atomic E-state index is 12.3. The molecule has 1 aromatic heterocycles. The van der Waals surface area contributed by atoms with Crippen molar-refractivity contribution in [2.24, 2.45) is 0 Å². The minimum absolute atomic E-state index is 0.0305. The van der Waals surface area contributed by atoms with Gasteiger partial charge in [0.05, 0.1) is 5.56 Å². The number of halogens is 1. The van der Waals surface area contributed by atoms with Crippen LogP contribution in [-0.4, -0.2) is 22.8 Å². The highest BCUT2D eigenvalue weighted by atomic mass is 79.9. The van der Waals surface area contributed by atoms with Crippen molar-refractivity contribution in [3.05, 3.63) is 63.9 Å². The molecule has 0 aliphatic carbocycles. The van der Waals surface area contributed by atoms with Crippen molar-refractivity contribution in [2.45, 2.75) is 13.5 Å². The molecule has 19 heavy (non-hydrogen) atoms. The van der Waals surface area contributed by atoms with Gasteiger partial charge in [0.2, 0.25) is 0 Å². The van der Waals surface area contributed by atoms with E-state index in [1.165, 1.54) is 5.56 Å². The molecule has 1 heterocycles. The molecule has 0 saturated heterocycles. The fourth-order valence-electron chi connectivity index (χ4n) is 1.86. The summed E-state index contributed by atoms with van der Waals surface area (Å²) in [5.41, 5.74) is 2.93. The highest BCUT2D eigenvalue weighted by molar-refractivity contribution is 9.10. The molecule has 0 radical (unpaired) electrons. The summed E-state index contributed by atoms with van der Waals surface area (Å²) in [6.45, 7) is 2.65. The molecule has 0 spiro atoms. The number of carbonyl (C=O) groups is 1. The summed E-state index contributed by atoms with van der Waals surface area (Å²) in [7, 11) is 1.80. The van der Waals surface area contributed by atoms with E-state index in [4.69, 9.17) is 0 Å². The Balaban J connectivity index is 2.14. The van der Waals surface area contributed by atoms with Crippen LogP contribution in [0.5, 0.6) is 0 Å². The van der Waals surface area contributed by atoms with Crippen molar-refractivity contribution < 1.29 is 4.79 Å². The van der Waals surface area contributed by atoms with Crippen molar-refractivity contribution in [3.8, 4) is 0 Å². The van der Waals surface area contributed by atoms with E-state index in [2.05, 4.69) is 20.9 Å². The lowest BCUT2D eigenvalue weighted by molar-refractivity contribution is 0.0784. The van der Waals surface area contributed by atoms with Crippen LogP contribution in [0, 0.1) is 6.92 Å². The number of hydrogen-bond donors (Lipinski definition) is 0. The van der Waals surface area contributed by atoms with Crippen LogP contribution < -0.4 is 0 Å². The summed E-state index contributed by atoms with van der Waals surface area (Å²) in [4.78, 5) is 18.0. The Morgan fingerprint density at radius 3 is 2.74 bits per heavy atom. The molecule has 2 rings (SSSR count). The van der Waals surface area contributed by atoms with Gasteiger partial charge in [0, 0.05) is 30.5 Å². The Morgan fingerprint density at radius 2 is 2.05 bits per heavy atom. The fourth-order valence-corrected chi connectivity index (χ4v) is 2.23. The maximum Gasteiger partial charge on any atom is 0.255 e. The first-order valence-corrected chi connectivity index (χ1v) is 6.78. The summed E-state index contributed by atoms with van der Waals surface area (Å²) in [6.07, 6.45) is 3.25. The minimum Gasteiger partial charge on any atom is -0.337 e. The zero-order chi connectivity index (χ0) is 13.8. The van der Waals surface area contributed by atoms with Crippen LogP contribution in [-0.2, 0) is 6.54 Å². The van der Waals surface area contributed by atoms with Gasteiger partial charge in [-0.25, -0.2) is 0 Å². The maximum atomic E-state index is 12.3. The van der Waals surface area contributed by atoms with E-state index >= 15 is 0 Å². The third-order valence-corrected chi connectivity index (χ3v) is 3.40. The topological polar surface area (TPSA) is 33.2 Å². The number of nitrogens with zero attached hydrogens (tertiary/aromatic N) is 2. The van der Waals surface area contributed by atoms with Gasteiger partial charge >= 0.3 is 0 Å². The molecule has 0 N–H and O–H groups in total. The zero-order valence-corrected chi connectivity index (χ0v) is 12.5. The van der Waals surface area contributed by atoms with Crippen LogP contribution in [0.3, 0.4) is 0 Å². The van der Waals surface area contributed by atoms with Gasteiger partial charge in [0.25, 0.3) is 5.91 Å². The van der Waals surface area contributed by atoms with Gasteiger partial charge in [0.1, 0.15) is 0 Å². The molecule has 0 fully saturated rings. The average Bonchev–Trinajstić information content (AvgIpc) is 2.40. The van der Waals surface area contributed by atoms with Gasteiger partial charge in [-0.15, -0.1) is 0 Å². The standard InChI is InChI=1S/C15H15BrN2O/c1-11-5-3-4-6-12(11)10-18(2)15(19)13-7-14(16)9-17-8-13/h3-9H,10H2,1-2H3. The molecule has 4 heteroatoms. The van der Waals surface area contributed by atoms with E-state index in [0.717, 1.165) is 10.0 Å². The Labute approximate surface area is 121 Å². The molecule has 1 amide bonds. The Bertz CT molecular complexity index is 598. The number of benzene rings is 1. The first-order chi connectivity index (χ1) is 9.08. The van der Waals surface area contributed by atoms with Gasteiger partial charge in [0.15, 0.2) is 0 Å². The second-order valence-corrected chi connectivity index (χ2v) is 5.40. The summed E-state index contributed by atoms with van der Waals surface area (Å²) in [6, 6.07) is 9.86. The molecular formula is C15H15BrN2O. The molecule has 2 aromatic rings. The van der Waals surface area contributed by atoms with Crippen LogP contribution in [0.1, 0.15) is 21.5 Å². The Kier molecular flexibility index (Phi) is 4.32. The highest BCUT2D eigenvalue weighted by Crippen LogP contribution is 2.14. The number of hydrogen-bond acceptors (Lipinski definition) is 2. The summed E-state index contributed by atoms with van der Waals surface area (Å²) in [5, 5.41) is 0. The lowest BCUT2D eigenvalue weighted by Gasteiger charge is -2.18. The number of pyridine rings is 1. The summed E-state index contributed by atoms with van der Waals surface area (Å²) in [5.74, 6) is -0.0305. The molecule has 98 valence electrons. The first kappa shape index (κ1) is 13.7. The number of aryl methyl sites for hydroxylation is 1. The van der Waals surface area contributed by atoms with Crippen molar-refractivity contribution in [1.82, 2.24) is 9.88 Å². The molecule has 0 unspecified atom stereocenters. The number of carbonyl (C=O) groups excluding carboxylic acids is 1. The molecule has 0 saturated carbocycles. The number of rotatable bonds is 3. The molecular weight excluding hydrogens is 304 g/mol. The lowest BCUT2D eigenvalue weighted by Crippen LogP contribution is -2.26. The first-order valence-electron chi connectivity index (χ1n) is 5.98. The van der Waals surface area contributed by atoms with E-state index in [0.29, 0.717) is 12.1 Å². The van der Waals surface area contributed by atoms with Crippen molar-refractivity contribution in [1.29, 1.82) is 0 Å². The second kappa shape index (κ2) is 5.97. The van der Waals surface area contributed by atoms with E-state index in [-0.39, 0.29) is 5.91 Å². The highest BCUT2D eigenvalue weighted by Gasteiger charge is 2.13. The number of amides is 1. The molecule has 0 bridgehead atoms. The SMILES string of the molecule is Cc1ccccc1CN(C)C(=O)c1cncc(Br)c1. The molecule has 0 aliphatic heterocycles. The van der Waals surface area contributed by atoms with E-state index < -0.39 is 0 Å². The minimum atomic E-state index is -0.0305.